The molecule has 3 aromatic heterocycles. The van der Waals surface area contributed by atoms with Crippen LogP contribution in [0.3, 0.4) is 0 Å². The number of hydrogen-bond donors (Lipinski definition) is 1. The molecule has 0 spiro atoms. The van der Waals surface area contributed by atoms with Crippen molar-refractivity contribution in [1.29, 1.82) is 0 Å². The van der Waals surface area contributed by atoms with Crippen molar-refractivity contribution >= 4 is 27.4 Å². The van der Waals surface area contributed by atoms with E-state index in [-0.39, 0.29) is 0 Å². The molecule has 2 fully saturated rings. The van der Waals surface area contributed by atoms with Gasteiger partial charge in [0.15, 0.2) is 5.82 Å². The lowest BCUT2D eigenvalue weighted by molar-refractivity contribution is 0.210. The zero-order valence-electron chi connectivity index (χ0n) is 15.9. The summed E-state index contributed by atoms with van der Waals surface area (Å²) in [5.74, 6) is 1.75. The predicted molar refractivity (Wildman–Crippen MR) is 111 cm³/mol. The van der Waals surface area contributed by atoms with Crippen molar-refractivity contribution in [2.75, 3.05) is 18.4 Å². The molecule has 1 aliphatic heterocycles. The van der Waals surface area contributed by atoms with E-state index >= 15 is 0 Å². The summed E-state index contributed by atoms with van der Waals surface area (Å²) < 4.78 is 0. The standard InChI is InChI=1S/C21H25N5S/c1-13-14(2)27-21-18(13)20(24-19(25-21)15-4-3-9-22-12-15)23-16-7-10-26(11-8-16)17-5-6-17/h3-4,9,12,16-17H,5-8,10-11H2,1-2H3,(H,23,24,25). The van der Waals surface area contributed by atoms with Gasteiger partial charge in [0.05, 0.1) is 5.39 Å². The molecule has 1 aliphatic carbocycles. The number of likely N-dealkylation sites (tertiary alicyclic amines) is 1. The number of fused-ring (bicyclic) bond motifs is 1. The Morgan fingerprint density at radius 3 is 2.63 bits per heavy atom. The first-order valence-electron chi connectivity index (χ1n) is 9.88. The molecule has 0 aromatic carbocycles. The highest BCUT2D eigenvalue weighted by molar-refractivity contribution is 7.18. The van der Waals surface area contributed by atoms with E-state index in [4.69, 9.17) is 9.97 Å². The SMILES string of the molecule is Cc1sc2nc(-c3cccnc3)nc(NC3CCN(C4CC4)CC3)c2c1C. The lowest BCUT2D eigenvalue weighted by Crippen LogP contribution is -2.40. The summed E-state index contributed by atoms with van der Waals surface area (Å²) in [4.78, 5) is 19.1. The smallest absolute Gasteiger partial charge is 0.164 e. The van der Waals surface area contributed by atoms with Crippen LogP contribution in [0.5, 0.6) is 0 Å². The Kier molecular flexibility index (Phi) is 4.32. The average Bonchev–Trinajstić information content (AvgIpc) is 3.50. The number of hydrogen-bond acceptors (Lipinski definition) is 6. The van der Waals surface area contributed by atoms with Gasteiger partial charge in [-0.2, -0.15) is 0 Å². The molecule has 0 atom stereocenters. The fourth-order valence-electron chi connectivity index (χ4n) is 4.02. The van der Waals surface area contributed by atoms with E-state index in [0.717, 1.165) is 28.1 Å². The maximum Gasteiger partial charge on any atom is 0.164 e. The number of anilines is 1. The highest BCUT2D eigenvalue weighted by Crippen LogP contribution is 2.36. The maximum absolute atomic E-state index is 4.94. The topological polar surface area (TPSA) is 53.9 Å². The van der Waals surface area contributed by atoms with Crippen LogP contribution < -0.4 is 5.32 Å². The van der Waals surface area contributed by atoms with Crippen LogP contribution in [0.2, 0.25) is 0 Å². The van der Waals surface area contributed by atoms with Gasteiger partial charge in [0.2, 0.25) is 0 Å². The number of pyridine rings is 1. The molecule has 1 saturated carbocycles. The Bertz CT molecular complexity index is 956. The van der Waals surface area contributed by atoms with E-state index in [1.54, 1.807) is 17.5 Å². The molecule has 0 amide bonds. The van der Waals surface area contributed by atoms with Crippen molar-refractivity contribution in [1.82, 2.24) is 19.9 Å². The Morgan fingerprint density at radius 1 is 1.11 bits per heavy atom. The van der Waals surface area contributed by atoms with E-state index in [2.05, 4.69) is 29.0 Å². The Balaban J connectivity index is 1.48. The Hall–Kier alpha value is -2.05. The third-order valence-corrected chi connectivity index (χ3v) is 6.98. The minimum Gasteiger partial charge on any atom is -0.367 e. The van der Waals surface area contributed by atoms with Crippen LogP contribution in [-0.4, -0.2) is 45.0 Å². The number of rotatable bonds is 4. The summed E-state index contributed by atoms with van der Waals surface area (Å²) in [6.45, 7) is 6.76. The van der Waals surface area contributed by atoms with Crippen molar-refractivity contribution < 1.29 is 0 Å². The van der Waals surface area contributed by atoms with E-state index in [9.17, 15) is 0 Å². The molecule has 27 heavy (non-hydrogen) atoms. The second kappa shape index (κ2) is 6.84. The maximum atomic E-state index is 4.94. The third-order valence-electron chi connectivity index (χ3n) is 5.88. The monoisotopic (exact) mass is 379 g/mol. The first kappa shape index (κ1) is 17.1. The van der Waals surface area contributed by atoms with Gasteiger partial charge in [0.25, 0.3) is 0 Å². The summed E-state index contributed by atoms with van der Waals surface area (Å²) in [6.07, 6.45) is 8.79. The van der Waals surface area contributed by atoms with Crippen LogP contribution in [0.1, 0.15) is 36.1 Å². The minimum absolute atomic E-state index is 0.486. The summed E-state index contributed by atoms with van der Waals surface area (Å²) in [6, 6.07) is 5.32. The predicted octanol–water partition coefficient (Wildman–Crippen LogP) is 4.41. The zero-order chi connectivity index (χ0) is 18.4. The van der Waals surface area contributed by atoms with Crippen LogP contribution in [0.15, 0.2) is 24.5 Å². The van der Waals surface area contributed by atoms with Crippen molar-refractivity contribution in [3.05, 3.63) is 35.0 Å². The van der Waals surface area contributed by atoms with Crippen molar-refractivity contribution in [3.8, 4) is 11.4 Å². The van der Waals surface area contributed by atoms with Gasteiger partial charge in [-0.05, 0) is 57.2 Å². The van der Waals surface area contributed by atoms with Gasteiger partial charge in [-0.25, -0.2) is 9.97 Å². The highest BCUT2D eigenvalue weighted by atomic mass is 32.1. The molecule has 1 N–H and O–H groups in total. The molecule has 0 unspecified atom stereocenters. The summed E-state index contributed by atoms with van der Waals surface area (Å²) >= 11 is 1.76. The Morgan fingerprint density at radius 2 is 1.93 bits per heavy atom. The lowest BCUT2D eigenvalue weighted by atomic mass is 10.0. The molecule has 0 radical (unpaired) electrons. The van der Waals surface area contributed by atoms with Crippen LogP contribution in [0.25, 0.3) is 21.6 Å². The van der Waals surface area contributed by atoms with Crippen LogP contribution in [0, 0.1) is 13.8 Å². The molecule has 5 nitrogen and oxygen atoms in total. The van der Waals surface area contributed by atoms with Gasteiger partial charge in [-0.15, -0.1) is 11.3 Å². The largest absolute Gasteiger partial charge is 0.367 e. The molecule has 3 aromatic rings. The van der Waals surface area contributed by atoms with Gasteiger partial charge in [-0.3, -0.25) is 4.98 Å². The van der Waals surface area contributed by atoms with E-state index in [1.807, 2.05) is 18.3 Å². The normalized spacial score (nSPS) is 18.9. The molecule has 0 bridgehead atoms. The van der Waals surface area contributed by atoms with E-state index < -0.39 is 0 Å². The van der Waals surface area contributed by atoms with Gasteiger partial charge in [0.1, 0.15) is 10.6 Å². The molecule has 2 aliphatic rings. The molecule has 6 heteroatoms. The minimum atomic E-state index is 0.486. The van der Waals surface area contributed by atoms with Gasteiger partial charge >= 0.3 is 0 Å². The number of nitrogens with zero attached hydrogens (tertiary/aromatic N) is 4. The van der Waals surface area contributed by atoms with E-state index in [0.29, 0.717) is 6.04 Å². The molecular weight excluding hydrogens is 354 g/mol. The summed E-state index contributed by atoms with van der Waals surface area (Å²) in [7, 11) is 0. The van der Waals surface area contributed by atoms with Gasteiger partial charge in [0, 0.05) is 48.0 Å². The second-order valence-corrected chi connectivity index (χ2v) is 8.99. The van der Waals surface area contributed by atoms with Crippen molar-refractivity contribution in [2.24, 2.45) is 0 Å². The first-order chi connectivity index (χ1) is 13.2. The number of nitrogens with one attached hydrogen (secondary N) is 1. The van der Waals surface area contributed by atoms with Gasteiger partial charge < -0.3 is 10.2 Å². The van der Waals surface area contributed by atoms with Crippen molar-refractivity contribution in [2.45, 2.75) is 51.6 Å². The van der Waals surface area contributed by atoms with Crippen LogP contribution >= 0.6 is 11.3 Å². The second-order valence-electron chi connectivity index (χ2n) is 7.79. The third kappa shape index (κ3) is 3.32. The number of aryl methyl sites for hydroxylation is 2. The Labute approximate surface area is 163 Å². The average molecular weight is 380 g/mol. The lowest BCUT2D eigenvalue weighted by Gasteiger charge is -2.32. The van der Waals surface area contributed by atoms with Gasteiger partial charge in [-0.1, -0.05) is 0 Å². The molecule has 5 rings (SSSR count). The van der Waals surface area contributed by atoms with E-state index in [1.165, 1.54) is 54.6 Å². The first-order valence-corrected chi connectivity index (χ1v) is 10.7. The fraction of sp³-hybridized carbons (Fsp3) is 0.476. The zero-order valence-corrected chi connectivity index (χ0v) is 16.7. The molecular formula is C21H25N5S. The number of aromatic nitrogens is 3. The fourth-order valence-corrected chi connectivity index (χ4v) is 5.05. The molecule has 140 valence electrons. The van der Waals surface area contributed by atoms with Crippen LogP contribution in [0.4, 0.5) is 5.82 Å². The molecule has 4 heterocycles. The number of thiophene rings is 1. The number of piperidine rings is 1. The van der Waals surface area contributed by atoms with Crippen molar-refractivity contribution in [3.63, 3.8) is 0 Å². The molecule has 1 saturated heterocycles. The highest BCUT2D eigenvalue weighted by Gasteiger charge is 2.32. The summed E-state index contributed by atoms with van der Waals surface area (Å²) in [5.41, 5.74) is 2.26. The van der Waals surface area contributed by atoms with Crippen LogP contribution in [-0.2, 0) is 0 Å². The summed E-state index contributed by atoms with van der Waals surface area (Å²) in [5, 5.41) is 4.97. The quantitative estimate of drug-likeness (QED) is 0.728.